The lowest BCUT2D eigenvalue weighted by atomic mass is 10.2. The second-order valence-electron chi connectivity index (χ2n) is 3.59. The Kier molecular flexibility index (Phi) is 2.93. The van der Waals surface area contributed by atoms with Crippen LogP contribution in [0.4, 0.5) is 4.39 Å². The number of aromatic nitrogens is 2. The smallest absolute Gasteiger partial charge is 0.150 e. The summed E-state index contributed by atoms with van der Waals surface area (Å²) in [4.78, 5) is 8.73. The van der Waals surface area contributed by atoms with Crippen molar-refractivity contribution in [3.05, 3.63) is 46.6 Å². The minimum Gasteiger partial charge on any atom is -0.235 e. The first kappa shape index (κ1) is 11.8. The van der Waals surface area contributed by atoms with Gasteiger partial charge in [-0.15, -0.1) is 11.3 Å². The van der Waals surface area contributed by atoms with E-state index in [-0.39, 0.29) is 5.02 Å². The van der Waals surface area contributed by atoms with Crippen LogP contribution in [0.1, 0.15) is 0 Å². The van der Waals surface area contributed by atoms with Gasteiger partial charge < -0.3 is 0 Å². The molecule has 3 rings (SSSR count). The minimum absolute atomic E-state index is 0.0992. The van der Waals surface area contributed by atoms with Gasteiger partial charge in [-0.25, -0.2) is 14.4 Å². The topological polar surface area (TPSA) is 25.8 Å². The van der Waals surface area contributed by atoms with Gasteiger partial charge in [0.2, 0.25) is 0 Å². The van der Waals surface area contributed by atoms with Crippen LogP contribution in [0, 0.1) is 5.82 Å². The highest BCUT2D eigenvalue weighted by Crippen LogP contribution is 2.37. The maximum atomic E-state index is 13.9. The van der Waals surface area contributed by atoms with Crippen LogP contribution < -0.4 is 0 Å². The first-order chi connectivity index (χ1) is 8.66. The molecular weight excluding hydrogens is 294 g/mol. The van der Waals surface area contributed by atoms with Gasteiger partial charge in [0.25, 0.3) is 0 Å². The van der Waals surface area contributed by atoms with Crippen LogP contribution in [-0.4, -0.2) is 9.97 Å². The molecule has 1 aromatic carbocycles. The van der Waals surface area contributed by atoms with Gasteiger partial charge >= 0.3 is 0 Å². The predicted molar refractivity (Wildman–Crippen MR) is 72.8 cm³/mol. The van der Waals surface area contributed by atoms with Crippen LogP contribution in [0.3, 0.4) is 0 Å². The Hall–Kier alpha value is -1.23. The molecule has 0 spiro atoms. The fraction of sp³-hybridized carbons (Fsp3) is 0. The van der Waals surface area contributed by atoms with Gasteiger partial charge in [0.15, 0.2) is 0 Å². The molecule has 0 atom stereocenters. The quantitative estimate of drug-likeness (QED) is 0.603. The molecule has 0 aliphatic heterocycles. The van der Waals surface area contributed by atoms with E-state index in [1.807, 2.05) is 0 Å². The molecule has 0 bridgehead atoms. The lowest BCUT2D eigenvalue weighted by Gasteiger charge is -2.00. The van der Waals surface area contributed by atoms with Crippen LogP contribution in [0.25, 0.3) is 20.7 Å². The molecule has 0 aliphatic rings. The molecule has 0 saturated carbocycles. The SMILES string of the molecule is Fc1c(Cl)cccc1-c1cc2ncnc(Cl)c2s1. The number of hydrogen-bond acceptors (Lipinski definition) is 3. The zero-order chi connectivity index (χ0) is 12.7. The van der Waals surface area contributed by atoms with Crippen LogP contribution in [0.5, 0.6) is 0 Å². The first-order valence-corrected chi connectivity index (χ1v) is 6.58. The molecule has 6 heteroatoms. The van der Waals surface area contributed by atoms with Crippen LogP contribution >= 0.6 is 34.5 Å². The maximum absolute atomic E-state index is 13.9. The van der Waals surface area contributed by atoms with Crippen molar-refractivity contribution in [2.75, 3.05) is 0 Å². The zero-order valence-electron chi connectivity index (χ0n) is 8.82. The summed E-state index contributed by atoms with van der Waals surface area (Å²) < 4.78 is 14.7. The monoisotopic (exact) mass is 298 g/mol. The first-order valence-electron chi connectivity index (χ1n) is 5.01. The Morgan fingerprint density at radius 1 is 1.17 bits per heavy atom. The highest BCUT2D eigenvalue weighted by atomic mass is 35.5. The third-order valence-electron chi connectivity index (χ3n) is 2.48. The van der Waals surface area contributed by atoms with Crippen LogP contribution in [-0.2, 0) is 0 Å². The number of hydrogen-bond donors (Lipinski definition) is 0. The van der Waals surface area contributed by atoms with E-state index in [2.05, 4.69) is 9.97 Å². The summed E-state index contributed by atoms with van der Waals surface area (Å²) >= 11 is 13.1. The van der Waals surface area contributed by atoms with E-state index < -0.39 is 5.82 Å². The Balaban J connectivity index is 2.26. The Morgan fingerprint density at radius 3 is 2.78 bits per heavy atom. The standard InChI is InChI=1S/C12H5Cl2FN2S/c13-7-3-1-2-6(10(7)15)9-4-8-11(18-9)12(14)17-5-16-8/h1-5H. The van der Waals surface area contributed by atoms with Gasteiger partial charge in [-0.2, -0.15) is 0 Å². The van der Waals surface area contributed by atoms with Crippen molar-refractivity contribution in [2.45, 2.75) is 0 Å². The molecule has 2 nitrogen and oxygen atoms in total. The van der Waals surface area contributed by atoms with E-state index in [4.69, 9.17) is 23.2 Å². The van der Waals surface area contributed by atoms with Crippen molar-refractivity contribution in [1.82, 2.24) is 9.97 Å². The number of rotatable bonds is 1. The Labute approximate surface area is 116 Å². The van der Waals surface area contributed by atoms with Gasteiger partial charge in [-0.1, -0.05) is 35.3 Å². The number of fused-ring (bicyclic) bond motifs is 1. The molecule has 0 N–H and O–H groups in total. The Morgan fingerprint density at radius 2 is 2.00 bits per heavy atom. The van der Waals surface area contributed by atoms with E-state index in [1.54, 1.807) is 18.2 Å². The molecule has 18 heavy (non-hydrogen) atoms. The molecule has 90 valence electrons. The number of benzene rings is 1. The molecule has 0 unspecified atom stereocenters. The van der Waals surface area contributed by atoms with Crippen molar-refractivity contribution >= 4 is 44.8 Å². The fourth-order valence-electron chi connectivity index (χ4n) is 1.65. The highest BCUT2D eigenvalue weighted by Gasteiger charge is 2.13. The van der Waals surface area contributed by atoms with Crippen LogP contribution in [0.2, 0.25) is 10.2 Å². The molecular formula is C12H5Cl2FN2S. The second kappa shape index (κ2) is 4.46. The third-order valence-corrected chi connectivity index (χ3v) is 4.34. The minimum atomic E-state index is -0.435. The second-order valence-corrected chi connectivity index (χ2v) is 5.41. The van der Waals surface area contributed by atoms with Crippen molar-refractivity contribution < 1.29 is 4.39 Å². The van der Waals surface area contributed by atoms with E-state index >= 15 is 0 Å². The maximum Gasteiger partial charge on any atom is 0.150 e. The number of nitrogens with zero attached hydrogens (tertiary/aromatic N) is 2. The van der Waals surface area contributed by atoms with E-state index in [0.29, 0.717) is 16.2 Å². The normalized spacial score (nSPS) is 11.1. The summed E-state index contributed by atoms with van der Waals surface area (Å²) in [6, 6.07) is 6.68. The average molecular weight is 299 g/mol. The summed E-state index contributed by atoms with van der Waals surface area (Å²) in [5, 5.41) is 0.473. The molecule has 0 aliphatic carbocycles. The summed E-state index contributed by atoms with van der Waals surface area (Å²) in [5.74, 6) is -0.435. The molecule has 0 saturated heterocycles. The molecule has 2 aromatic heterocycles. The zero-order valence-corrected chi connectivity index (χ0v) is 11.2. The predicted octanol–water partition coefficient (Wildman–Crippen LogP) is 4.80. The summed E-state index contributed by atoms with van der Waals surface area (Å²) in [5.41, 5.74) is 1.15. The molecule has 0 amide bonds. The van der Waals surface area contributed by atoms with Gasteiger partial charge in [0, 0.05) is 10.4 Å². The fourth-order valence-corrected chi connectivity index (χ4v) is 3.09. The largest absolute Gasteiger partial charge is 0.235 e. The molecule has 0 radical (unpaired) electrons. The van der Waals surface area contributed by atoms with Gasteiger partial charge in [-0.3, -0.25) is 0 Å². The van der Waals surface area contributed by atoms with Gasteiger partial charge in [0.05, 0.1) is 15.2 Å². The lowest BCUT2D eigenvalue weighted by molar-refractivity contribution is 0.632. The van der Waals surface area contributed by atoms with E-state index in [9.17, 15) is 4.39 Å². The van der Waals surface area contributed by atoms with Crippen molar-refractivity contribution in [3.63, 3.8) is 0 Å². The highest BCUT2D eigenvalue weighted by molar-refractivity contribution is 7.22. The Bertz CT molecular complexity index is 742. The number of thiophene rings is 1. The van der Waals surface area contributed by atoms with E-state index in [1.165, 1.54) is 23.7 Å². The number of halogens is 3. The third kappa shape index (κ3) is 1.86. The van der Waals surface area contributed by atoms with Crippen molar-refractivity contribution in [1.29, 1.82) is 0 Å². The van der Waals surface area contributed by atoms with Gasteiger partial charge in [-0.05, 0) is 12.1 Å². The average Bonchev–Trinajstić information content (AvgIpc) is 2.78. The van der Waals surface area contributed by atoms with E-state index in [0.717, 1.165) is 9.58 Å². The molecule has 2 heterocycles. The van der Waals surface area contributed by atoms with Crippen molar-refractivity contribution in [2.24, 2.45) is 0 Å². The summed E-state index contributed by atoms with van der Waals surface area (Å²) in [6.45, 7) is 0. The molecule has 3 aromatic rings. The van der Waals surface area contributed by atoms with Crippen molar-refractivity contribution in [3.8, 4) is 10.4 Å². The summed E-state index contributed by atoms with van der Waals surface area (Å²) in [7, 11) is 0. The lowest BCUT2D eigenvalue weighted by Crippen LogP contribution is -1.81. The van der Waals surface area contributed by atoms with Gasteiger partial charge in [0.1, 0.15) is 17.3 Å². The summed E-state index contributed by atoms with van der Waals surface area (Å²) in [6.07, 6.45) is 1.38. The van der Waals surface area contributed by atoms with Crippen LogP contribution in [0.15, 0.2) is 30.6 Å². The molecule has 0 fully saturated rings.